The van der Waals surface area contributed by atoms with Crippen LogP contribution in [0.5, 0.6) is 0 Å². The van der Waals surface area contributed by atoms with Crippen molar-refractivity contribution in [2.24, 2.45) is 0 Å². The molecule has 2 heteroatoms. The van der Waals surface area contributed by atoms with Crippen LogP contribution in [0.3, 0.4) is 0 Å². The highest BCUT2D eigenvalue weighted by Gasteiger charge is 2.22. The van der Waals surface area contributed by atoms with Crippen LogP contribution in [-0.2, 0) is 0 Å². The number of hydrogen-bond acceptors (Lipinski definition) is 2. The highest BCUT2D eigenvalue weighted by Crippen LogP contribution is 2.46. The van der Waals surface area contributed by atoms with Gasteiger partial charge in [0, 0.05) is 32.7 Å². The van der Waals surface area contributed by atoms with E-state index in [1.807, 2.05) is 0 Å². The van der Waals surface area contributed by atoms with Crippen LogP contribution >= 0.6 is 0 Å². The monoisotopic (exact) mass is 756 g/mol. The van der Waals surface area contributed by atoms with E-state index in [1.54, 1.807) is 0 Å². The molecule has 274 valence electrons. The third-order valence-electron chi connectivity index (χ3n) is 13.1. The topological polar surface area (TPSA) is 25.8 Å². The van der Waals surface area contributed by atoms with Crippen molar-refractivity contribution in [3.63, 3.8) is 0 Å². The highest BCUT2D eigenvalue weighted by atomic mass is 14.7. The van der Waals surface area contributed by atoms with Gasteiger partial charge in [0.15, 0.2) is 0 Å². The van der Waals surface area contributed by atoms with Gasteiger partial charge in [-0.3, -0.25) is 0 Å². The molecule has 2 nitrogen and oxygen atoms in total. The molecule has 0 N–H and O–H groups in total. The Morgan fingerprint density at radius 3 is 0.900 bits per heavy atom. The van der Waals surface area contributed by atoms with Crippen molar-refractivity contribution >= 4 is 97.2 Å². The SMILES string of the molecule is c1ccc(-c2nc3cc(-c4cc5ccc6cccc7ccc(c4)c5c67)cc4c(-c5ccccc5)nc5cc(-c6cc7ccc8cccc9ccc(c6)c7c89)cc2c5c34)cc1. The Morgan fingerprint density at radius 1 is 0.217 bits per heavy atom. The third-order valence-corrected chi connectivity index (χ3v) is 13.1. The van der Waals surface area contributed by atoms with Crippen LogP contribution in [-0.4, -0.2) is 9.97 Å². The molecule has 14 aromatic rings. The zero-order valence-electron chi connectivity index (χ0n) is 32.4. The van der Waals surface area contributed by atoms with Gasteiger partial charge in [-0.25, -0.2) is 9.97 Å². The maximum Gasteiger partial charge on any atom is 0.0789 e. The molecular weight excluding hydrogens is 725 g/mol. The van der Waals surface area contributed by atoms with Gasteiger partial charge in [-0.05, 0) is 135 Å². The van der Waals surface area contributed by atoms with Crippen LogP contribution in [0.4, 0.5) is 0 Å². The predicted molar refractivity (Wildman–Crippen MR) is 255 cm³/mol. The molecule has 0 saturated carbocycles. The molecular formula is C58H32N2. The number of aromatic nitrogens is 2. The second-order valence-electron chi connectivity index (χ2n) is 16.5. The fourth-order valence-electron chi connectivity index (χ4n) is 10.5. The summed E-state index contributed by atoms with van der Waals surface area (Å²) < 4.78 is 0. The molecule has 14 rings (SSSR count). The lowest BCUT2D eigenvalue weighted by molar-refractivity contribution is 1.40. The first-order valence-electron chi connectivity index (χ1n) is 20.7. The zero-order chi connectivity index (χ0) is 39.1. The minimum Gasteiger partial charge on any atom is -0.247 e. The van der Waals surface area contributed by atoms with E-state index in [2.05, 4.69) is 194 Å². The average molecular weight is 757 g/mol. The summed E-state index contributed by atoms with van der Waals surface area (Å²) in [5, 5.41) is 19.9. The van der Waals surface area contributed by atoms with Gasteiger partial charge in [0.05, 0.1) is 22.4 Å². The first-order chi connectivity index (χ1) is 29.7. The van der Waals surface area contributed by atoms with E-state index in [1.165, 1.54) is 75.8 Å². The van der Waals surface area contributed by atoms with E-state index in [-0.39, 0.29) is 0 Å². The van der Waals surface area contributed by atoms with Crippen molar-refractivity contribution < 1.29 is 0 Å². The summed E-state index contributed by atoms with van der Waals surface area (Å²) in [6.45, 7) is 0. The maximum atomic E-state index is 5.66. The van der Waals surface area contributed by atoms with E-state index >= 15 is 0 Å². The van der Waals surface area contributed by atoms with Gasteiger partial charge in [0.25, 0.3) is 0 Å². The fraction of sp³-hybridized carbons (Fsp3) is 0. The van der Waals surface area contributed by atoms with Crippen molar-refractivity contribution in [1.82, 2.24) is 9.97 Å². The van der Waals surface area contributed by atoms with Gasteiger partial charge < -0.3 is 0 Å². The zero-order valence-corrected chi connectivity index (χ0v) is 32.4. The number of pyridine rings is 2. The molecule has 0 saturated heterocycles. The molecule has 0 atom stereocenters. The van der Waals surface area contributed by atoms with Crippen molar-refractivity contribution in [2.75, 3.05) is 0 Å². The normalized spacial score (nSPS) is 12.3. The maximum absolute atomic E-state index is 5.66. The molecule has 2 heterocycles. The van der Waals surface area contributed by atoms with Gasteiger partial charge in [-0.2, -0.15) is 0 Å². The lowest BCUT2D eigenvalue weighted by atomic mass is 9.87. The van der Waals surface area contributed by atoms with Gasteiger partial charge in [0.1, 0.15) is 0 Å². The molecule has 60 heavy (non-hydrogen) atoms. The molecule has 2 aromatic heterocycles. The fourth-order valence-corrected chi connectivity index (χ4v) is 10.5. The Labute approximate surface area is 344 Å². The Hall–Kier alpha value is -7.94. The molecule has 0 amide bonds. The van der Waals surface area contributed by atoms with Crippen LogP contribution in [0.25, 0.3) is 142 Å². The lowest BCUT2D eigenvalue weighted by Crippen LogP contribution is -1.98. The molecule has 0 bridgehead atoms. The molecule has 0 aliphatic rings. The quantitative estimate of drug-likeness (QED) is 0.167. The lowest BCUT2D eigenvalue weighted by Gasteiger charge is -2.20. The van der Waals surface area contributed by atoms with Crippen molar-refractivity contribution in [2.45, 2.75) is 0 Å². The Balaban J connectivity index is 1.07. The predicted octanol–water partition coefficient (Wildman–Crippen LogP) is 15.8. The van der Waals surface area contributed by atoms with Gasteiger partial charge >= 0.3 is 0 Å². The summed E-state index contributed by atoms with van der Waals surface area (Å²) in [4.78, 5) is 11.3. The van der Waals surface area contributed by atoms with E-state index in [0.717, 1.165) is 66.2 Å². The smallest absolute Gasteiger partial charge is 0.0789 e. The molecule has 12 aromatic carbocycles. The minimum absolute atomic E-state index is 0.968. The summed E-state index contributed by atoms with van der Waals surface area (Å²) in [6, 6.07) is 71.4. The van der Waals surface area contributed by atoms with Crippen LogP contribution in [0.2, 0.25) is 0 Å². The van der Waals surface area contributed by atoms with E-state index in [4.69, 9.17) is 9.97 Å². The Bertz CT molecular complexity index is 3640. The third kappa shape index (κ3) is 4.48. The number of benzene rings is 12. The second-order valence-corrected chi connectivity index (χ2v) is 16.5. The number of rotatable bonds is 4. The first kappa shape index (κ1) is 32.1. The summed E-state index contributed by atoms with van der Waals surface area (Å²) in [5.41, 5.74) is 10.7. The van der Waals surface area contributed by atoms with Crippen molar-refractivity contribution in [1.29, 1.82) is 0 Å². The van der Waals surface area contributed by atoms with Gasteiger partial charge in [-0.1, -0.05) is 146 Å². The van der Waals surface area contributed by atoms with E-state index < -0.39 is 0 Å². The van der Waals surface area contributed by atoms with Gasteiger partial charge in [-0.15, -0.1) is 0 Å². The van der Waals surface area contributed by atoms with E-state index in [9.17, 15) is 0 Å². The first-order valence-corrected chi connectivity index (χ1v) is 20.7. The molecule has 0 aliphatic carbocycles. The van der Waals surface area contributed by atoms with Gasteiger partial charge in [0.2, 0.25) is 0 Å². The van der Waals surface area contributed by atoms with Crippen LogP contribution < -0.4 is 0 Å². The van der Waals surface area contributed by atoms with Crippen LogP contribution in [0, 0.1) is 0 Å². The summed E-state index contributed by atoms with van der Waals surface area (Å²) in [6.07, 6.45) is 0. The van der Waals surface area contributed by atoms with Crippen molar-refractivity contribution in [3.8, 4) is 44.8 Å². The van der Waals surface area contributed by atoms with Crippen LogP contribution in [0.15, 0.2) is 194 Å². The highest BCUT2D eigenvalue weighted by molar-refractivity contribution is 6.29. The molecule has 0 fully saturated rings. The summed E-state index contributed by atoms with van der Waals surface area (Å²) in [7, 11) is 0. The van der Waals surface area contributed by atoms with Crippen LogP contribution in [0.1, 0.15) is 0 Å². The Kier molecular flexibility index (Phi) is 6.32. The number of nitrogens with zero attached hydrogens (tertiary/aromatic N) is 2. The molecule has 0 spiro atoms. The summed E-state index contributed by atoms with van der Waals surface area (Å²) >= 11 is 0. The molecule has 0 aliphatic heterocycles. The Morgan fingerprint density at radius 2 is 0.533 bits per heavy atom. The molecule has 0 radical (unpaired) electrons. The average Bonchev–Trinajstić information content (AvgIpc) is 3.31. The van der Waals surface area contributed by atoms with E-state index in [0.29, 0.717) is 0 Å². The number of hydrogen-bond donors (Lipinski definition) is 0. The summed E-state index contributed by atoms with van der Waals surface area (Å²) in [5.74, 6) is 0. The standard InChI is InChI=1S/C58H32N2/c1-3-9-37(10-4-1)57-47-29-45(43-25-39-21-17-33-13-7-14-34-18-22-40(26-43)53(39)51(33)34)32-50-55(47)56-48(58(60-50)38-11-5-2-6-12-38)30-46(31-49(56)59-57)44-27-41-23-19-35-15-8-16-36-20-24-42(28-44)54(41)52(35)36/h1-32H. The second kappa shape index (κ2) is 11.8. The largest absolute Gasteiger partial charge is 0.247 e. The molecule has 0 unspecified atom stereocenters. The van der Waals surface area contributed by atoms with Crippen molar-refractivity contribution in [3.05, 3.63) is 194 Å². The minimum atomic E-state index is 0.968.